The fourth-order valence-electron chi connectivity index (χ4n) is 1.74. The smallest absolute Gasteiger partial charge is 0.416 e. The van der Waals surface area contributed by atoms with Crippen LogP contribution < -0.4 is 5.32 Å². The molecule has 0 bridgehead atoms. The van der Waals surface area contributed by atoms with E-state index in [4.69, 9.17) is 9.15 Å². The van der Waals surface area contributed by atoms with Gasteiger partial charge in [-0.05, 0) is 12.1 Å². The highest BCUT2D eigenvalue weighted by molar-refractivity contribution is 8.01. The molecule has 8 nitrogen and oxygen atoms in total. The molecule has 3 heterocycles. The van der Waals surface area contributed by atoms with Crippen molar-refractivity contribution in [3.8, 4) is 0 Å². The second kappa shape index (κ2) is 6.79. The second-order valence-corrected chi connectivity index (χ2v) is 6.45. The van der Waals surface area contributed by atoms with Gasteiger partial charge in [0.15, 0.2) is 4.34 Å². The van der Waals surface area contributed by atoms with Crippen LogP contribution in [0.4, 0.5) is 9.93 Å². The Kier molecular flexibility index (Phi) is 4.59. The van der Waals surface area contributed by atoms with Crippen LogP contribution in [-0.4, -0.2) is 46.0 Å². The van der Waals surface area contributed by atoms with Gasteiger partial charge in [0.25, 0.3) is 0 Å². The number of ether oxygens (including phenoxy) is 1. The van der Waals surface area contributed by atoms with Crippen LogP contribution in [0.3, 0.4) is 0 Å². The number of amides is 2. The Balaban J connectivity index is 1.47. The largest absolute Gasteiger partial charge is 0.467 e. The number of hydrogen-bond donors (Lipinski definition) is 1. The van der Waals surface area contributed by atoms with E-state index in [1.807, 2.05) is 12.1 Å². The van der Waals surface area contributed by atoms with Crippen molar-refractivity contribution in [3.05, 3.63) is 24.2 Å². The molecule has 0 spiro atoms. The number of nitrogens with one attached hydrogen (secondary N) is 1. The third-order valence-electron chi connectivity index (χ3n) is 2.78. The van der Waals surface area contributed by atoms with Crippen molar-refractivity contribution in [1.29, 1.82) is 0 Å². The first-order valence-electron chi connectivity index (χ1n) is 6.42. The van der Waals surface area contributed by atoms with E-state index >= 15 is 0 Å². The molecule has 0 unspecified atom stereocenters. The molecule has 22 heavy (non-hydrogen) atoms. The lowest BCUT2D eigenvalue weighted by Gasteiger charge is -2.08. The summed E-state index contributed by atoms with van der Waals surface area (Å²) < 4.78 is 10.6. The minimum Gasteiger partial charge on any atom is -0.467 e. The van der Waals surface area contributed by atoms with Crippen LogP contribution in [0.15, 0.2) is 27.2 Å². The first-order valence-corrected chi connectivity index (χ1v) is 8.22. The molecule has 2 amide bonds. The van der Waals surface area contributed by atoms with Crippen molar-refractivity contribution in [2.24, 2.45) is 0 Å². The molecule has 1 aliphatic heterocycles. The van der Waals surface area contributed by atoms with Gasteiger partial charge >= 0.3 is 6.09 Å². The zero-order chi connectivity index (χ0) is 15.4. The lowest BCUT2D eigenvalue weighted by molar-refractivity contribution is -0.125. The van der Waals surface area contributed by atoms with Crippen molar-refractivity contribution < 1.29 is 18.7 Å². The Labute approximate surface area is 133 Å². The molecule has 1 fully saturated rings. The predicted octanol–water partition coefficient (Wildman–Crippen LogP) is 1.81. The van der Waals surface area contributed by atoms with Gasteiger partial charge in [-0.1, -0.05) is 23.1 Å². The summed E-state index contributed by atoms with van der Waals surface area (Å²) in [5.74, 6) is 0.641. The second-order valence-electron chi connectivity index (χ2n) is 4.25. The Hall–Kier alpha value is -2.07. The SMILES string of the molecule is O=C(CSc1nnc(NCc2ccco2)s1)N1CCOC1=O. The molecule has 3 rings (SSSR count). The number of nitrogens with zero attached hydrogens (tertiary/aromatic N) is 3. The number of carbonyl (C=O) groups excluding carboxylic acids is 2. The van der Waals surface area contributed by atoms with E-state index in [1.54, 1.807) is 6.26 Å². The number of rotatable bonds is 6. The summed E-state index contributed by atoms with van der Waals surface area (Å²) >= 11 is 2.59. The van der Waals surface area contributed by atoms with E-state index in [0.717, 1.165) is 10.7 Å². The molecule has 2 aromatic heterocycles. The molecule has 0 radical (unpaired) electrons. The van der Waals surface area contributed by atoms with Crippen LogP contribution in [0.2, 0.25) is 0 Å². The molecule has 1 N–H and O–H groups in total. The molecule has 0 aromatic carbocycles. The number of aromatic nitrogens is 2. The van der Waals surface area contributed by atoms with Crippen LogP contribution in [0.25, 0.3) is 0 Å². The zero-order valence-corrected chi connectivity index (χ0v) is 13.0. The van der Waals surface area contributed by atoms with Crippen LogP contribution >= 0.6 is 23.1 Å². The highest BCUT2D eigenvalue weighted by atomic mass is 32.2. The van der Waals surface area contributed by atoms with E-state index in [0.29, 0.717) is 22.6 Å². The van der Waals surface area contributed by atoms with E-state index in [2.05, 4.69) is 15.5 Å². The standard InChI is InChI=1S/C12H12N4O4S2/c17-9(16-3-5-20-12(16)18)7-21-11-15-14-10(22-11)13-6-8-2-1-4-19-8/h1-2,4H,3,5-7H2,(H,13,14). The van der Waals surface area contributed by atoms with Crippen molar-refractivity contribution in [3.63, 3.8) is 0 Å². The number of anilines is 1. The number of cyclic esters (lactones) is 1. The Morgan fingerprint density at radius 3 is 3.14 bits per heavy atom. The number of imide groups is 1. The molecular weight excluding hydrogens is 328 g/mol. The number of carbonyl (C=O) groups is 2. The van der Waals surface area contributed by atoms with E-state index < -0.39 is 6.09 Å². The maximum absolute atomic E-state index is 11.8. The summed E-state index contributed by atoms with van der Waals surface area (Å²) in [5, 5.41) is 11.7. The molecule has 1 aliphatic rings. The maximum Gasteiger partial charge on any atom is 0.416 e. The lowest BCUT2D eigenvalue weighted by atomic mass is 10.4. The van der Waals surface area contributed by atoms with Gasteiger partial charge in [-0.25, -0.2) is 9.69 Å². The third-order valence-corrected chi connectivity index (χ3v) is 4.78. The van der Waals surface area contributed by atoms with Gasteiger partial charge in [-0.15, -0.1) is 10.2 Å². The fraction of sp³-hybridized carbons (Fsp3) is 0.333. The average molecular weight is 340 g/mol. The van der Waals surface area contributed by atoms with E-state index in [1.165, 1.54) is 23.1 Å². The van der Waals surface area contributed by atoms with Crippen molar-refractivity contribution in [2.45, 2.75) is 10.9 Å². The molecular formula is C12H12N4O4S2. The first kappa shape index (κ1) is 14.9. The Morgan fingerprint density at radius 1 is 1.50 bits per heavy atom. The molecule has 116 valence electrons. The van der Waals surface area contributed by atoms with Gasteiger partial charge in [0, 0.05) is 0 Å². The van der Waals surface area contributed by atoms with Crippen molar-refractivity contribution in [1.82, 2.24) is 15.1 Å². The topological polar surface area (TPSA) is 97.6 Å². The van der Waals surface area contributed by atoms with Crippen LogP contribution in [0, 0.1) is 0 Å². The molecule has 2 aromatic rings. The summed E-state index contributed by atoms with van der Waals surface area (Å²) in [5.41, 5.74) is 0. The number of furan rings is 1. The predicted molar refractivity (Wildman–Crippen MR) is 79.7 cm³/mol. The average Bonchev–Trinajstić information content (AvgIpc) is 3.24. The van der Waals surface area contributed by atoms with Crippen molar-refractivity contribution in [2.75, 3.05) is 24.2 Å². The van der Waals surface area contributed by atoms with E-state index in [-0.39, 0.29) is 18.3 Å². The number of hydrogen-bond acceptors (Lipinski definition) is 9. The zero-order valence-electron chi connectivity index (χ0n) is 11.4. The summed E-state index contributed by atoms with van der Waals surface area (Å²) in [7, 11) is 0. The van der Waals surface area contributed by atoms with Crippen LogP contribution in [0.5, 0.6) is 0 Å². The highest BCUT2D eigenvalue weighted by Gasteiger charge is 2.28. The normalized spacial score (nSPS) is 14.2. The summed E-state index contributed by atoms with van der Waals surface area (Å²) in [6.07, 6.45) is 1.02. The summed E-state index contributed by atoms with van der Waals surface area (Å²) in [6.45, 7) is 1.09. The molecule has 1 saturated heterocycles. The monoisotopic (exact) mass is 340 g/mol. The lowest BCUT2D eigenvalue weighted by Crippen LogP contribution is -2.32. The molecule has 0 saturated carbocycles. The minimum atomic E-state index is -0.580. The van der Waals surface area contributed by atoms with Gasteiger partial charge < -0.3 is 14.5 Å². The quantitative estimate of drug-likeness (QED) is 0.795. The van der Waals surface area contributed by atoms with Gasteiger partial charge in [-0.3, -0.25) is 4.79 Å². The van der Waals surface area contributed by atoms with E-state index in [9.17, 15) is 9.59 Å². The highest BCUT2D eigenvalue weighted by Crippen LogP contribution is 2.26. The maximum atomic E-state index is 11.8. The molecule has 10 heteroatoms. The first-order chi connectivity index (χ1) is 10.7. The van der Waals surface area contributed by atoms with Gasteiger partial charge in [-0.2, -0.15) is 0 Å². The fourth-order valence-corrected chi connectivity index (χ4v) is 3.36. The summed E-state index contributed by atoms with van der Waals surface area (Å²) in [4.78, 5) is 24.2. The molecule has 0 atom stereocenters. The summed E-state index contributed by atoms with van der Waals surface area (Å²) in [6, 6.07) is 3.67. The van der Waals surface area contributed by atoms with Crippen LogP contribution in [-0.2, 0) is 16.1 Å². The molecule has 0 aliphatic carbocycles. The number of thioether (sulfide) groups is 1. The Bertz CT molecular complexity index is 658. The van der Waals surface area contributed by atoms with Gasteiger partial charge in [0.05, 0.1) is 25.1 Å². The third kappa shape index (κ3) is 3.57. The van der Waals surface area contributed by atoms with Gasteiger partial charge in [0.1, 0.15) is 12.4 Å². The van der Waals surface area contributed by atoms with Gasteiger partial charge in [0.2, 0.25) is 11.0 Å². The van der Waals surface area contributed by atoms with Crippen LogP contribution in [0.1, 0.15) is 5.76 Å². The van der Waals surface area contributed by atoms with Crippen molar-refractivity contribution >= 4 is 40.2 Å². The Morgan fingerprint density at radius 2 is 2.41 bits per heavy atom. The minimum absolute atomic E-state index is 0.127.